The molecule has 0 aromatic rings. The van der Waals surface area contributed by atoms with Gasteiger partial charge in [0.05, 0.1) is 5.54 Å². The van der Waals surface area contributed by atoms with Crippen molar-refractivity contribution in [1.82, 2.24) is 4.90 Å². The van der Waals surface area contributed by atoms with Crippen molar-refractivity contribution in [3.8, 4) is 0 Å². The van der Waals surface area contributed by atoms with E-state index in [1.165, 1.54) is 4.90 Å². The topological polar surface area (TPSA) is 57.6 Å². The molecule has 4 nitrogen and oxygen atoms in total. The molecule has 0 aromatic carbocycles. The number of ketones is 1. The van der Waals surface area contributed by atoms with E-state index in [9.17, 15) is 14.7 Å². The fourth-order valence-electron chi connectivity index (χ4n) is 3.24. The number of carbonyl (C=O) groups excluding carboxylic acids is 1. The lowest BCUT2D eigenvalue weighted by atomic mass is 9.62. The molecule has 17 heavy (non-hydrogen) atoms. The van der Waals surface area contributed by atoms with Crippen LogP contribution in [0.15, 0.2) is 0 Å². The third-order valence-electron chi connectivity index (χ3n) is 4.05. The van der Waals surface area contributed by atoms with Gasteiger partial charge in [-0.3, -0.25) is 4.79 Å². The Morgan fingerprint density at radius 2 is 1.94 bits per heavy atom. The normalized spacial score (nSPS) is 26.5. The molecule has 1 rings (SSSR count). The van der Waals surface area contributed by atoms with Crippen molar-refractivity contribution in [3.63, 3.8) is 0 Å². The van der Waals surface area contributed by atoms with Crippen LogP contribution in [0.1, 0.15) is 47.5 Å². The summed E-state index contributed by atoms with van der Waals surface area (Å²) in [5.41, 5.74) is -0.843. The van der Waals surface area contributed by atoms with Gasteiger partial charge in [-0.25, -0.2) is 4.79 Å². The minimum Gasteiger partial charge on any atom is -0.465 e. The predicted octanol–water partition coefficient (Wildman–Crippen LogP) is 2.77. The molecule has 1 N–H and O–H groups in total. The molecule has 0 saturated carbocycles. The van der Waals surface area contributed by atoms with Crippen LogP contribution in [0.3, 0.4) is 0 Å². The largest absolute Gasteiger partial charge is 0.465 e. The van der Waals surface area contributed by atoms with Gasteiger partial charge in [0, 0.05) is 19.4 Å². The van der Waals surface area contributed by atoms with E-state index in [0.717, 1.165) is 0 Å². The molecule has 1 aliphatic rings. The Bertz CT molecular complexity index is 330. The Morgan fingerprint density at radius 3 is 2.29 bits per heavy atom. The molecule has 1 amide bonds. The first-order valence-corrected chi connectivity index (χ1v) is 6.15. The highest BCUT2D eigenvalue weighted by atomic mass is 16.4. The molecule has 0 radical (unpaired) electrons. The molecule has 98 valence electrons. The minimum absolute atomic E-state index is 0.114. The van der Waals surface area contributed by atoms with E-state index in [2.05, 4.69) is 0 Å². The first-order chi connectivity index (χ1) is 7.63. The summed E-state index contributed by atoms with van der Waals surface area (Å²) < 4.78 is 0. The molecule has 1 heterocycles. The number of hydrogen-bond donors (Lipinski definition) is 1. The zero-order chi connectivity index (χ0) is 13.4. The number of amides is 1. The van der Waals surface area contributed by atoms with E-state index in [1.807, 2.05) is 34.6 Å². The zero-order valence-electron chi connectivity index (χ0n) is 11.4. The number of carbonyl (C=O) groups is 2. The van der Waals surface area contributed by atoms with Gasteiger partial charge in [-0.15, -0.1) is 0 Å². The molecule has 0 aromatic heterocycles. The first kappa shape index (κ1) is 14.0. The van der Waals surface area contributed by atoms with Crippen LogP contribution in [0, 0.1) is 11.3 Å². The Balaban J connectivity index is 3.30. The molecule has 4 heteroatoms. The van der Waals surface area contributed by atoms with Crippen molar-refractivity contribution < 1.29 is 14.7 Å². The fraction of sp³-hybridized carbons (Fsp3) is 0.846. The van der Waals surface area contributed by atoms with Crippen molar-refractivity contribution in [2.24, 2.45) is 11.3 Å². The van der Waals surface area contributed by atoms with Gasteiger partial charge in [0.1, 0.15) is 5.78 Å². The lowest BCUT2D eigenvalue weighted by molar-refractivity contribution is -0.133. The maximum Gasteiger partial charge on any atom is 0.407 e. The van der Waals surface area contributed by atoms with E-state index >= 15 is 0 Å². The molecule has 1 atom stereocenters. The summed E-state index contributed by atoms with van der Waals surface area (Å²) in [6, 6.07) is 0. The molecule has 1 fully saturated rings. The van der Waals surface area contributed by atoms with Crippen LogP contribution >= 0.6 is 0 Å². The summed E-state index contributed by atoms with van der Waals surface area (Å²) in [5, 5.41) is 9.39. The number of piperidine rings is 1. The van der Waals surface area contributed by atoms with Gasteiger partial charge < -0.3 is 10.0 Å². The van der Waals surface area contributed by atoms with Gasteiger partial charge >= 0.3 is 6.09 Å². The second-order valence-electron chi connectivity index (χ2n) is 6.23. The molecule has 1 saturated heterocycles. The number of likely N-dealkylation sites (tertiary alicyclic amines) is 1. The van der Waals surface area contributed by atoms with Gasteiger partial charge in [0.15, 0.2) is 0 Å². The first-order valence-electron chi connectivity index (χ1n) is 6.15. The number of nitrogens with zero attached hydrogens (tertiary/aromatic N) is 1. The predicted molar refractivity (Wildman–Crippen MR) is 66.0 cm³/mol. The van der Waals surface area contributed by atoms with Crippen LogP contribution < -0.4 is 0 Å². The SMILES string of the molecule is CC(C)C1(C(C)(C)C)CC(=O)CCN1C(=O)O. The quantitative estimate of drug-likeness (QED) is 0.768. The monoisotopic (exact) mass is 241 g/mol. The Kier molecular flexibility index (Phi) is 3.55. The summed E-state index contributed by atoms with van der Waals surface area (Å²) in [6.45, 7) is 10.4. The lowest BCUT2D eigenvalue weighted by Gasteiger charge is -2.55. The maximum absolute atomic E-state index is 11.8. The second kappa shape index (κ2) is 4.31. The standard InChI is InChI=1S/C13H23NO3/c1-9(2)13(12(3,4)5)8-10(15)6-7-14(13)11(16)17/h9H,6-8H2,1-5H3,(H,16,17). The maximum atomic E-state index is 11.8. The highest BCUT2D eigenvalue weighted by molar-refractivity contribution is 5.83. The van der Waals surface area contributed by atoms with Gasteiger partial charge in [-0.2, -0.15) is 0 Å². The van der Waals surface area contributed by atoms with E-state index < -0.39 is 11.6 Å². The van der Waals surface area contributed by atoms with Gasteiger partial charge in [-0.05, 0) is 11.3 Å². The molecular formula is C13H23NO3. The number of rotatable bonds is 1. The van der Waals surface area contributed by atoms with Crippen molar-refractivity contribution in [1.29, 1.82) is 0 Å². The molecule has 1 aliphatic heterocycles. The van der Waals surface area contributed by atoms with E-state index in [1.54, 1.807) is 0 Å². The third-order valence-corrected chi connectivity index (χ3v) is 4.05. The molecule has 0 aliphatic carbocycles. The van der Waals surface area contributed by atoms with Crippen molar-refractivity contribution in [3.05, 3.63) is 0 Å². The van der Waals surface area contributed by atoms with Crippen LogP contribution in [0.2, 0.25) is 0 Å². The van der Waals surface area contributed by atoms with Gasteiger partial charge in [0.25, 0.3) is 0 Å². The van der Waals surface area contributed by atoms with Gasteiger partial charge in [0.2, 0.25) is 0 Å². The Labute approximate surface area is 103 Å². The number of Topliss-reactive ketones (excluding diaryl/α,β-unsaturated/α-hetero) is 1. The summed E-state index contributed by atoms with van der Waals surface area (Å²) in [5.74, 6) is 0.286. The van der Waals surface area contributed by atoms with Crippen molar-refractivity contribution in [2.45, 2.75) is 53.0 Å². The molecule has 1 unspecified atom stereocenters. The van der Waals surface area contributed by atoms with Crippen LogP contribution in [0.25, 0.3) is 0 Å². The third kappa shape index (κ3) is 2.17. The van der Waals surface area contributed by atoms with Gasteiger partial charge in [-0.1, -0.05) is 34.6 Å². The molecular weight excluding hydrogens is 218 g/mol. The molecule has 0 bridgehead atoms. The van der Waals surface area contributed by atoms with E-state index in [-0.39, 0.29) is 17.1 Å². The molecule has 0 spiro atoms. The lowest BCUT2D eigenvalue weighted by Crippen LogP contribution is -2.65. The van der Waals surface area contributed by atoms with E-state index in [0.29, 0.717) is 19.4 Å². The van der Waals surface area contributed by atoms with Crippen molar-refractivity contribution >= 4 is 11.9 Å². The van der Waals surface area contributed by atoms with Crippen molar-refractivity contribution in [2.75, 3.05) is 6.54 Å². The second-order valence-corrected chi connectivity index (χ2v) is 6.23. The summed E-state index contributed by atoms with van der Waals surface area (Å²) >= 11 is 0. The van der Waals surface area contributed by atoms with Crippen LogP contribution in [-0.2, 0) is 4.79 Å². The minimum atomic E-state index is -0.916. The average molecular weight is 241 g/mol. The number of carboxylic acid groups (broad SMARTS) is 1. The van der Waals surface area contributed by atoms with E-state index in [4.69, 9.17) is 0 Å². The average Bonchev–Trinajstić information content (AvgIpc) is 2.14. The van der Waals surface area contributed by atoms with Crippen LogP contribution in [0.5, 0.6) is 0 Å². The Hall–Kier alpha value is -1.06. The zero-order valence-corrected chi connectivity index (χ0v) is 11.4. The van der Waals surface area contributed by atoms with Crippen LogP contribution in [-0.4, -0.2) is 34.0 Å². The summed E-state index contributed by atoms with van der Waals surface area (Å²) in [4.78, 5) is 24.7. The fourth-order valence-corrected chi connectivity index (χ4v) is 3.24. The summed E-state index contributed by atoms with van der Waals surface area (Å²) in [6.07, 6.45) is -0.238. The van der Waals surface area contributed by atoms with Crippen LogP contribution in [0.4, 0.5) is 4.79 Å². The Morgan fingerprint density at radius 1 is 1.41 bits per heavy atom. The highest BCUT2D eigenvalue weighted by Crippen LogP contribution is 2.46. The smallest absolute Gasteiger partial charge is 0.407 e. The summed E-state index contributed by atoms with van der Waals surface area (Å²) in [7, 11) is 0. The number of hydrogen-bond acceptors (Lipinski definition) is 2. The highest BCUT2D eigenvalue weighted by Gasteiger charge is 2.54.